The molecule has 0 spiro atoms. The maximum absolute atomic E-state index is 6.08. The summed E-state index contributed by atoms with van der Waals surface area (Å²) < 4.78 is 0. The first-order valence-corrected chi connectivity index (χ1v) is 5.31. The van der Waals surface area contributed by atoms with Crippen molar-refractivity contribution in [1.29, 1.82) is 0 Å². The van der Waals surface area contributed by atoms with Gasteiger partial charge in [0.1, 0.15) is 0 Å². The molecule has 0 aliphatic heterocycles. The highest BCUT2D eigenvalue weighted by Crippen LogP contribution is 2.22. The van der Waals surface area contributed by atoms with Gasteiger partial charge in [0, 0.05) is 17.6 Å². The summed E-state index contributed by atoms with van der Waals surface area (Å²) in [6.07, 6.45) is 4.45. The van der Waals surface area contributed by atoms with Gasteiger partial charge in [0.25, 0.3) is 0 Å². The average Bonchev–Trinajstić information content (AvgIpc) is 3.00. The molecule has 1 aliphatic rings. The van der Waals surface area contributed by atoms with Crippen LogP contribution in [0.25, 0.3) is 6.08 Å². The van der Waals surface area contributed by atoms with Crippen molar-refractivity contribution in [1.82, 2.24) is 5.32 Å². The summed E-state index contributed by atoms with van der Waals surface area (Å²) in [5.41, 5.74) is 2.29. The number of nitrogens with one attached hydrogen (secondary N) is 1. The lowest BCUT2D eigenvalue weighted by Crippen LogP contribution is -2.15. The van der Waals surface area contributed by atoms with Crippen molar-refractivity contribution in [3.8, 4) is 0 Å². The molecule has 0 bridgehead atoms. The molecule has 0 amide bonds. The standard InChI is InChI=1S/C12H14ClN/c1-2-9-3-6-12(13)10(7-9)8-14-11-4-5-11/h2-3,6-7,11,14H,1,4-5,8H2. The van der Waals surface area contributed by atoms with Gasteiger partial charge in [-0.2, -0.15) is 0 Å². The van der Waals surface area contributed by atoms with Crippen LogP contribution in [-0.4, -0.2) is 6.04 Å². The number of hydrogen-bond acceptors (Lipinski definition) is 1. The predicted octanol–water partition coefficient (Wildman–Crippen LogP) is 3.24. The Labute approximate surface area is 89.8 Å². The summed E-state index contributed by atoms with van der Waals surface area (Å²) in [5.74, 6) is 0. The zero-order valence-corrected chi connectivity index (χ0v) is 8.85. The normalized spacial score (nSPS) is 15.5. The first-order chi connectivity index (χ1) is 6.79. The van der Waals surface area contributed by atoms with Crippen molar-refractivity contribution in [2.24, 2.45) is 0 Å². The van der Waals surface area contributed by atoms with Crippen molar-refractivity contribution >= 4 is 17.7 Å². The first kappa shape index (κ1) is 9.75. The highest BCUT2D eigenvalue weighted by Gasteiger charge is 2.20. The molecule has 0 atom stereocenters. The molecular formula is C12H14ClN. The molecule has 1 aliphatic carbocycles. The summed E-state index contributed by atoms with van der Waals surface area (Å²) in [5, 5.41) is 4.28. The maximum atomic E-state index is 6.08. The van der Waals surface area contributed by atoms with Crippen molar-refractivity contribution in [3.05, 3.63) is 40.9 Å². The fourth-order valence-corrected chi connectivity index (χ4v) is 1.58. The topological polar surface area (TPSA) is 12.0 Å². The molecule has 0 unspecified atom stereocenters. The Hall–Kier alpha value is -0.790. The number of halogens is 1. The van der Waals surface area contributed by atoms with E-state index in [1.165, 1.54) is 12.8 Å². The van der Waals surface area contributed by atoms with Crippen LogP contribution in [0.1, 0.15) is 24.0 Å². The van der Waals surface area contributed by atoms with E-state index in [2.05, 4.69) is 18.0 Å². The summed E-state index contributed by atoms with van der Waals surface area (Å²) in [4.78, 5) is 0. The molecule has 0 radical (unpaired) electrons. The van der Waals surface area contributed by atoms with Crippen LogP contribution in [0.5, 0.6) is 0 Å². The van der Waals surface area contributed by atoms with Gasteiger partial charge in [0.15, 0.2) is 0 Å². The summed E-state index contributed by atoms with van der Waals surface area (Å²) in [6.45, 7) is 4.61. The van der Waals surface area contributed by atoms with E-state index >= 15 is 0 Å². The van der Waals surface area contributed by atoms with Crippen LogP contribution < -0.4 is 5.32 Å². The van der Waals surface area contributed by atoms with Crippen LogP contribution in [-0.2, 0) is 6.54 Å². The molecule has 14 heavy (non-hydrogen) atoms. The Morgan fingerprint density at radius 1 is 1.50 bits per heavy atom. The summed E-state index contributed by atoms with van der Waals surface area (Å²) in [6, 6.07) is 6.72. The molecule has 0 heterocycles. The number of rotatable bonds is 4. The molecule has 1 aromatic carbocycles. The molecule has 1 saturated carbocycles. The Balaban J connectivity index is 2.08. The number of benzene rings is 1. The molecule has 1 aromatic rings. The van der Waals surface area contributed by atoms with Crippen LogP contribution in [0.15, 0.2) is 24.8 Å². The lowest BCUT2D eigenvalue weighted by molar-refractivity contribution is 0.688. The fraction of sp³-hybridized carbons (Fsp3) is 0.333. The van der Waals surface area contributed by atoms with Gasteiger partial charge in [-0.15, -0.1) is 0 Å². The van der Waals surface area contributed by atoms with E-state index in [0.717, 1.165) is 28.7 Å². The monoisotopic (exact) mass is 207 g/mol. The van der Waals surface area contributed by atoms with E-state index < -0.39 is 0 Å². The molecule has 2 rings (SSSR count). The quantitative estimate of drug-likeness (QED) is 0.800. The Kier molecular flexibility index (Phi) is 2.90. The lowest BCUT2D eigenvalue weighted by Gasteiger charge is -2.06. The van der Waals surface area contributed by atoms with E-state index in [1.54, 1.807) is 0 Å². The van der Waals surface area contributed by atoms with Crippen molar-refractivity contribution < 1.29 is 0 Å². The van der Waals surface area contributed by atoms with Crippen molar-refractivity contribution in [3.63, 3.8) is 0 Å². The first-order valence-electron chi connectivity index (χ1n) is 4.94. The van der Waals surface area contributed by atoms with Crippen molar-refractivity contribution in [2.45, 2.75) is 25.4 Å². The Morgan fingerprint density at radius 2 is 2.29 bits per heavy atom. The zero-order valence-electron chi connectivity index (χ0n) is 8.09. The molecule has 74 valence electrons. The van der Waals surface area contributed by atoms with Gasteiger partial charge in [0.2, 0.25) is 0 Å². The minimum atomic E-state index is 0.721. The second kappa shape index (κ2) is 4.16. The zero-order chi connectivity index (χ0) is 9.97. The minimum absolute atomic E-state index is 0.721. The van der Waals surface area contributed by atoms with Gasteiger partial charge in [-0.25, -0.2) is 0 Å². The van der Waals surface area contributed by atoms with Gasteiger partial charge < -0.3 is 5.32 Å². The van der Waals surface area contributed by atoms with Gasteiger partial charge in [-0.1, -0.05) is 30.3 Å². The van der Waals surface area contributed by atoms with Gasteiger partial charge in [0.05, 0.1) is 0 Å². The highest BCUT2D eigenvalue weighted by molar-refractivity contribution is 6.31. The Bertz CT molecular complexity index is 342. The van der Waals surface area contributed by atoms with E-state index in [-0.39, 0.29) is 0 Å². The van der Waals surface area contributed by atoms with E-state index in [9.17, 15) is 0 Å². The lowest BCUT2D eigenvalue weighted by atomic mass is 10.1. The molecule has 1 nitrogen and oxygen atoms in total. The van der Waals surface area contributed by atoms with Gasteiger partial charge in [-0.3, -0.25) is 0 Å². The fourth-order valence-electron chi connectivity index (χ4n) is 1.40. The van der Waals surface area contributed by atoms with E-state index in [0.29, 0.717) is 0 Å². The van der Waals surface area contributed by atoms with Crippen LogP contribution in [0, 0.1) is 0 Å². The summed E-state index contributed by atoms with van der Waals surface area (Å²) in [7, 11) is 0. The van der Waals surface area contributed by atoms with E-state index in [1.807, 2.05) is 18.2 Å². The molecule has 2 heteroatoms. The van der Waals surface area contributed by atoms with Crippen LogP contribution in [0.3, 0.4) is 0 Å². The van der Waals surface area contributed by atoms with E-state index in [4.69, 9.17) is 11.6 Å². The highest BCUT2D eigenvalue weighted by atomic mass is 35.5. The predicted molar refractivity (Wildman–Crippen MR) is 61.4 cm³/mol. The molecule has 1 fully saturated rings. The van der Waals surface area contributed by atoms with Crippen LogP contribution in [0.2, 0.25) is 5.02 Å². The average molecular weight is 208 g/mol. The van der Waals surface area contributed by atoms with Crippen LogP contribution >= 0.6 is 11.6 Å². The van der Waals surface area contributed by atoms with Gasteiger partial charge >= 0.3 is 0 Å². The smallest absolute Gasteiger partial charge is 0.0451 e. The second-order valence-corrected chi connectivity index (χ2v) is 4.12. The molecule has 0 saturated heterocycles. The maximum Gasteiger partial charge on any atom is 0.0451 e. The molecule has 1 N–H and O–H groups in total. The third kappa shape index (κ3) is 2.37. The molecule has 0 aromatic heterocycles. The third-order valence-corrected chi connectivity index (χ3v) is 2.83. The largest absolute Gasteiger partial charge is 0.310 e. The van der Waals surface area contributed by atoms with Gasteiger partial charge in [-0.05, 0) is 36.1 Å². The minimum Gasteiger partial charge on any atom is -0.310 e. The number of hydrogen-bond donors (Lipinski definition) is 1. The van der Waals surface area contributed by atoms with Crippen LogP contribution in [0.4, 0.5) is 0 Å². The Morgan fingerprint density at radius 3 is 2.93 bits per heavy atom. The SMILES string of the molecule is C=Cc1ccc(Cl)c(CNC2CC2)c1. The summed E-state index contributed by atoms with van der Waals surface area (Å²) >= 11 is 6.08. The second-order valence-electron chi connectivity index (χ2n) is 3.71. The van der Waals surface area contributed by atoms with Crippen molar-refractivity contribution in [2.75, 3.05) is 0 Å². The molecular weight excluding hydrogens is 194 g/mol. The third-order valence-electron chi connectivity index (χ3n) is 2.46.